The van der Waals surface area contributed by atoms with Crippen molar-refractivity contribution in [2.45, 2.75) is 45.7 Å². The zero-order valence-corrected chi connectivity index (χ0v) is 26.4. The van der Waals surface area contributed by atoms with E-state index in [-0.39, 0.29) is 0 Å². The van der Waals surface area contributed by atoms with Crippen molar-refractivity contribution in [3.8, 4) is 11.5 Å². The van der Waals surface area contributed by atoms with Crippen molar-refractivity contribution in [1.82, 2.24) is 0 Å². The maximum absolute atomic E-state index is 5.82. The van der Waals surface area contributed by atoms with E-state index in [1.54, 1.807) is 14.2 Å². The lowest BCUT2D eigenvalue weighted by atomic mass is 10.1. The fourth-order valence-electron chi connectivity index (χ4n) is 4.36. The van der Waals surface area contributed by atoms with Gasteiger partial charge in [0.05, 0.1) is 29.9 Å². The van der Waals surface area contributed by atoms with Gasteiger partial charge in [-0.25, -0.2) is 0 Å². The van der Waals surface area contributed by atoms with Crippen LogP contribution in [0.1, 0.15) is 28.7 Å². The molecule has 0 N–H and O–H groups in total. The highest BCUT2D eigenvalue weighted by Gasteiger charge is 2.25. The SMILES string of the molecule is COCCCOc1ccc(/C=C/c2cc([Si](C)(C)C)c(/C=C/c3ccc(OC)cc3)cc2[Si](C)(C)C)cc1. The minimum absolute atomic E-state index is 0.668. The third-order valence-electron chi connectivity index (χ3n) is 6.51. The smallest absolute Gasteiger partial charge is 0.119 e. The van der Waals surface area contributed by atoms with Gasteiger partial charge in [-0.3, -0.25) is 0 Å². The zero-order chi connectivity index (χ0) is 27.8. The van der Waals surface area contributed by atoms with Gasteiger partial charge in [-0.05, 0) is 46.5 Å². The van der Waals surface area contributed by atoms with E-state index in [0.29, 0.717) is 6.61 Å². The molecule has 3 rings (SSSR count). The molecule has 202 valence electrons. The van der Waals surface area contributed by atoms with E-state index >= 15 is 0 Å². The van der Waals surface area contributed by atoms with Crippen LogP contribution in [0.2, 0.25) is 39.3 Å². The second-order valence-electron chi connectivity index (χ2n) is 11.7. The van der Waals surface area contributed by atoms with E-state index in [9.17, 15) is 0 Å². The van der Waals surface area contributed by atoms with Crippen molar-refractivity contribution < 1.29 is 14.2 Å². The van der Waals surface area contributed by atoms with Gasteiger partial charge in [0.15, 0.2) is 0 Å². The molecule has 3 nitrogen and oxygen atoms in total. The lowest BCUT2D eigenvalue weighted by Gasteiger charge is -2.26. The van der Waals surface area contributed by atoms with Crippen LogP contribution in [-0.2, 0) is 4.74 Å². The van der Waals surface area contributed by atoms with Gasteiger partial charge in [0.1, 0.15) is 11.5 Å². The first kappa shape index (κ1) is 29.7. The molecule has 3 aromatic carbocycles. The number of benzene rings is 3. The summed E-state index contributed by atoms with van der Waals surface area (Å²) >= 11 is 0. The Bertz CT molecular complexity index is 1230. The Kier molecular flexibility index (Phi) is 10.4. The summed E-state index contributed by atoms with van der Waals surface area (Å²) in [6.45, 7) is 16.0. The first-order valence-electron chi connectivity index (χ1n) is 13.4. The molecule has 0 heterocycles. The monoisotopic (exact) mass is 544 g/mol. The average Bonchev–Trinajstić information content (AvgIpc) is 2.88. The van der Waals surface area contributed by atoms with Crippen LogP contribution in [0.4, 0.5) is 0 Å². The van der Waals surface area contributed by atoms with Crippen molar-refractivity contribution in [2.24, 2.45) is 0 Å². The molecule has 0 unspecified atom stereocenters. The topological polar surface area (TPSA) is 27.7 Å². The summed E-state index contributed by atoms with van der Waals surface area (Å²) in [4.78, 5) is 0. The predicted molar refractivity (Wildman–Crippen MR) is 172 cm³/mol. The summed E-state index contributed by atoms with van der Waals surface area (Å²) in [7, 11) is 0.227. The number of hydrogen-bond donors (Lipinski definition) is 0. The Balaban J connectivity index is 1.93. The van der Waals surface area contributed by atoms with Gasteiger partial charge in [0, 0.05) is 20.1 Å². The minimum Gasteiger partial charge on any atom is -0.497 e. The van der Waals surface area contributed by atoms with E-state index in [1.807, 2.05) is 24.3 Å². The molecular formula is C33H44O3Si2. The lowest BCUT2D eigenvalue weighted by Crippen LogP contribution is -2.45. The summed E-state index contributed by atoms with van der Waals surface area (Å²) in [5, 5.41) is 2.98. The maximum atomic E-state index is 5.82. The molecule has 0 amide bonds. The fourth-order valence-corrected chi connectivity index (χ4v) is 7.58. The second kappa shape index (κ2) is 13.3. The number of hydrogen-bond acceptors (Lipinski definition) is 3. The Morgan fingerprint density at radius 2 is 1.03 bits per heavy atom. The summed E-state index contributed by atoms with van der Waals surface area (Å²) in [6, 6.07) is 21.5. The molecule has 0 saturated carbocycles. The third kappa shape index (κ3) is 8.58. The molecule has 0 spiro atoms. The standard InChI is InChI=1S/C33H44O3Si2/c1-34-22-9-23-36-31-20-14-27(15-21-31)11-17-29-25-32(37(3,4)5)28(24-33(29)38(6,7)8)16-10-26-12-18-30(35-2)19-13-26/h10-21,24-25H,9,22-23H2,1-8H3/b16-10+,17-11+. The van der Waals surface area contributed by atoms with Crippen LogP contribution in [0, 0.1) is 0 Å². The zero-order valence-electron chi connectivity index (χ0n) is 24.4. The molecule has 0 bridgehead atoms. The second-order valence-corrected chi connectivity index (χ2v) is 21.8. The largest absolute Gasteiger partial charge is 0.497 e. The van der Waals surface area contributed by atoms with Crippen LogP contribution >= 0.6 is 0 Å². The van der Waals surface area contributed by atoms with Crippen molar-refractivity contribution in [3.05, 3.63) is 82.9 Å². The Labute approximate surface area is 232 Å². The summed E-state index contributed by atoms with van der Waals surface area (Å²) in [5.74, 6) is 1.78. The van der Waals surface area contributed by atoms with Crippen molar-refractivity contribution >= 4 is 50.8 Å². The Hall–Kier alpha value is -2.87. The minimum atomic E-state index is -1.60. The molecule has 0 fully saturated rings. The molecule has 0 aliphatic heterocycles. The van der Waals surface area contributed by atoms with Gasteiger partial charge >= 0.3 is 0 Å². The highest BCUT2D eigenvalue weighted by molar-refractivity contribution is 6.91. The van der Waals surface area contributed by atoms with Gasteiger partial charge in [-0.1, -0.05) is 110 Å². The first-order chi connectivity index (χ1) is 18.0. The fraction of sp³-hybridized carbons (Fsp3) is 0.333. The van der Waals surface area contributed by atoms with Crippen LogP contribution < -0.4 is 19.8 Å². The summed E-state index contributed by atoms with van der Waals surface area (Å²) in [5.41, 5.74) is 5.05. The van der Waals surface area contributed by atoms with Crippen molar-refractivity contribution in [2.75, 3.05) is 27.4 Å². The van der Waals surface area contributed by atoms with Gasteiger partial charge in [0.25, 0.3) is 0 Å². The van der Waals surface area contributed by atoms with Gasteiger partial charge in [0.2, 0.25) is 0 Å². The van der Waals surface area contributed by atoms with E-state index in [2.05, 4.69) is 100.0 Å². The quantitative estimate of drug-likeness (QED) is 0.134. The van der Waals surface area contributed by atoms with E-state index in [0.717, 1.165) is 24.5 Å². The van der Waals surface area contributed by atoms with Crippen molar-refractivity contribution in [1.29, 1.82) is 0 Å². The molecule has 0 aromatic heterocycles. The average molecular weight is 545 g/mol. The van der Waals surface area contributed by atoms with Gasteiger partial charge in [-0.2, -0.15) is 0 Å². The van der Waals surface area contributed by atoms with E-state index in [1.165, 1.54) is 32.6 Å². The molecule has 38 heavy (non-hydrogen) atoms. The highest BCUT2D eigenvalue weighted by Crippen LogP contribution is 2.20. The molecule has 5 heteroatoms. The van der Waals surface area contributed by atoms with Crippen LogP contribution in [0.25, 0.3) is 24.3 Å². The molecule has 0 saturated heterocycles. The third-order valence-corrected chi connectivity index (χ3v) is 10.6. The molecule has 0 radical (unpaired) electrons. The molecule has 3 aromatic rings. The maximum Gasteiger partial charge on any atom is 0.119 e. The van der Waals surface area contributed by atoms with Gasteiger partial charge < -0.3 is 14.2 Å². The van der Waals surface area contributed by atoms with Crippen LogP contribution in [0.3, 0.4) is 0 Å². The van der Waals surface area contributed by atoms with Crippen LogP contribution in [-0.4, -0.2) is 43.6 Å². The Morgan fingerprint density at radius 1 is 0.579 bits per heavy atom. The van der Waals surface area contributed by atoms with Crippen molar-refractivity contribution in [3.63, 3.8) is 0 Å². The van der Waals surface area contributed by atoms with Gasteiger partial charge in [-0.15, -0.1) is 0 Å². The number of methoxy groups -OCH3 is 2. The molecule has 0 aliphatic carbocycles. The lowest BCUT2D eigenvalue weighted by molar-refractivity contribution is 0.172. The molecular weight excluding hydrogens is 501 g/mol. The van der Waals surface area contributed by atoms with Crippen LogP contribution in [0.5, 0.6) is 11.5 Å². The summed E-state index contributed by atoms with van der Waals surface area (Å²) < 4.78 is 16.2. The molecule has 0 atom stereocenters. The summed E-state index contributed by atoms with van der Waals surface area (Å²) in [6.07, 6.45) is 9.96. The first-order valence-corrected chi connectivity index (χ1v) is 20.4. The van der Waals surface area contributed by atoms with Crippen LogP contribution in [0.15, 0.2) is 60.7 Å². The highest BCUT2D eigenvalue weighted by atomic mass is 28.3. The number of rotatable bonds is 12. The van der Waals surface area contributed by atoms with E-state index < -0.39 is 16.1 Å². The predicted octanol–water partition coefficient (Wildman–Crippen LogP) is 7.54. The number of ether oxygens (including phenoxy) is 3. The Morgan fingerprint density at radius 3 is 1.42 bits per heavy atom. The normalized spacial score (nSPS) is 12.4. The van der Waals surface area contributed by atoms with E-state index in [4.69, 9.17) is 14.2 Å². The molecule has 0 aliphatic rings.